The Morgan fingerprint density at radius 3 is 1.32 bits per heavy atom. The van der Waals surface area contributed by atoms with Gasteiger partial charge in [0, 0.05) is 0 Å². The third kappa shape index (κ3) is 16.0. The Morgan fingerprint density at radius 2 is 1.05 bits per heavy atom. The molecule has 0 unspecified atom stereocenters. The molecule has 0 heterocycles. The van der Waals surface area contributed by atoms with Crippen molar-refractivity contribution in [3.8, 4) is 0 Å². The van der Waals surface area contributed by atoms with E-state index < -0.39 is 50.5 Å². The van der Waals surface area contributed by atoms with E-state index in [1.165, 1.54) is 0 Å². The summed E-state index contributed by atoms with van der Waals surface area (Å²) in [7, 11) is -14.0. The van der Waals surface area contributed by atoms with Crippen molar-refractivity contribution in [2.45, 2.75) is 31.8 Å². The summed E-state index contributed by atoms with van der Waals surface area (Å²) >= 11 is 0. The molecular formula is C7H16O12S3. The normalized spacial score (nSPS) is 13.6. The number of hydrogen-bond acceptors (Lipinski definition) is 9. The molecule has 0 aromatic carbocycles. The summed E-state index contributed by atoms with van der Waals surface area (Å²) in [6, 6.07) is 0. The Labute approximate surface area is 128 Å². The minimum absolute atomic E-state index is 0.0425. The van der Waals surface area contributed by atoms with Gasteiger partial charge in [-0.25, -0.2) is 12.5 Å². The Balaban J connectivity index is 4.27. The third-order valence-electron chi connectivity index (χ3n) is 2.06. The Bertz CT molecular complexity index is 578. The van der Waals surface area contributed by atoms with Crippen LogP contribution in [0.5, 0.6) is 0 Å². The summed E-state index contributed by atoms with van der Waals surface area (Å²) in [4.78, 5) is 0. The lowest BCUT2D eigenvalue weighted by Gasteiger charge is -2.14. The molecular weight excluding hydrogens is 372 g/mol. The minimum atomic E-state index is -4.77. The monoisotopic (exact) mass is 388 g/mol. The van der Waals surface area contributed by atoms with E-state index >= 15 is 0 Å². The van der Waals surface area contributed by atoms with Gasteiger partial charge < -0.3 is 0 Å². The van der Waals surface area contributed by atoms with E-state index in [-0.39, 0.29) is 25.7 Å². The van der Waals surface area contributed by atoms with Crippen LogP contribution in [-0.4, -0.2) is 58.2 Å². The first-order chi connectivity index (χ1) is 9.79. The lowest BCUT2D eigenvalue weighted by atomic mass is 10.1. The maximum absolute atomic E-state index is 10.6. The lowest BCUT2D eigenvalue weighted by molar-refractivity contribution is 0.142. The van der Waals surface area contributed by atoms with Crippen molar-refractivity contribution in [2.75, 3.05) is 13.2 Å². The van der Waals surface area contributed by atoms with Crippen LogP contribution in [0.3, 0.4) is 0 Å². The fraction of sp³-hybridized carbons (Fsp3) is 1.00. The molecule has 0 aliphatic heterocycles. The van der Waals surface area contributed by atoms with Gasteiger partial charge >= 0.3 is 31.2 Å². The van der Waals surface area contributed by atoms with Crippen LogP contribution in [0.1, 0.15) is 25.7 Å². The number of rotatable bonds is 12. The molecule has 0 aliphatic rings. The fourth-order valence-corrected chi connectivity index (χ4v) is 2.56. The highest BCUT2D eigenvalue weighted by atomic mass is 32.3. The Morgan fingerprint density at radius 1 is 0.682 bits per heavy atom. The first-order valence-corrected chi connectivity index (χ1v) is 9.77. The molecule has 12 nitrogen and oxygen atoms in total. The van der Waals surface area contributed by atoms with Crippen molar-refractivity contribution in [1.29, 1.82) is 0 Å². The SMILES string of the molecule is O=S(=O)(O)OCCCC(CCCOS(=O)(=O)O)OS(=O)(=O)O. The summed E-state index contributed by atoms with van der Waals surface area (Å²) in [6.45, 7) is -0.905. The van der Waals surface area contributed by atoms with Crippen molar-refractivity contribution >= 4 is 31.2 Å². The molecule has 22 heavy (non-hydrogen) atoms. The van der Waals surface area contributed by atoms with Gasteiger partial charge in [0.2, 0.25) is 0 Å². The predicted molar refractivity (Wildman–Crippen MR) is 69.9 cm³/mol. The second-order valence-corrected chi connectivity index (χ2v) is 7.16. The molecule has 0 bridgehead atoms. The van der Waals surface area contributed by atoms with Crippen LogP contribution < -0.4 is 0 Å². The fourth-order valence-electron chi connectivity index (χ4n) is 1.36. The second kappa shape index (κ2) is 9.04. The van der Waals surface area contributed by atoms with Gasteiger partial charge in [-0.2, -0.15) is 25.3 Å². The molecule has 15 heteroatoms. The van der Waals surface area contributed by atoms with Crippen molar-refractivity contribution in [2.24, 2.45) is 0 Å². The largest absolute Gasteiger partial charge is 0.397 e. The van der Waals surface area contributed by atoms with Crippen LogP contribution in [0.4, 0.5) is 0 Å². The summed E-state index contributed by atoms with van der Waals surface area (Å²) in [5, 5.41) is 0. The molecule has 0 rings (SSSR count). The lowest BCUT2D eigenvalue weighted by Crippen LogP contribution is -2.20. The van der Waals surface area contributed by atoms with E-state index in [0.29, 0.717) is 0 Å². The molecule has 0 saturated carbocycles. The highest BCUT2D eigenvalue weighted by Crippen LogP contribution is 2.13. The Hall–Kier alpha value is -0.390. The molecule has 0 spiro atoms. The molecule has 0 fully saturated rings. The maximum atomic E-state index is 10.6. The van der Waals surface area contributed by atoms with E-state index in [4.69, 9.17) is 13.7 Å². The summed E-state index contributed by atoms with van der Waals surface area (Å²) in [5.41, 5.74) is 0. The molecule has 0 saturated heterocycles. The van der Waals surface area contributed by atoms with Gasteiger partial charge in [-0.1, -0.05) is 0 Å². The van der Waals surface area contributed by atoms with Crippen LogP contribution in [0.2, 0.25) is 0 Å². The van der Waals surface area contributed by atoms with Crippen molar-refractivity contribution in [3.63, 3.8) is 0 Å². The highest BCUT2D eigenvalue weighted by Gasteiger charge is 2.18. The van der Waals surface area contributed by atoms with Crippen LogP contribution in [0.25, 0.3) is 0 Å². The van der Waals surface area contributed by atoms with Crippen molar-refractivity contribution < 1.29 is 51.5 Å². The van der Waals surface area contributed by atoms with Gasteiger partial charge in [0.15, 0.2) is 0 Å². The zero-order chi connectivity index (χ0) is 17.4. The smallest absolute Gasteiger partial charge is 0.264 e. The van der Waals surface area contributed by atoms with E-state index in [9.17, 15) is 25.3 Å². The zero-order valence-corrected chi connectivity index (χ0v) is 13.5. The quantitative estimate of drug-likeness (QED) is 0.284. The van der Waals surface area contributed by atoms with Gasteiger partial charge in [-0.15, -0.1) is 0 Å². The molecule has 0 atom stereocenters. The summed E-state index contributed by atoms with van der Waals surface area (Å²) in [5.74, 6) is 0. The standard InChI is InChI=1S/C7H16O12S3/c8-20(9,10)17-5-1-3-7(19-22(14,15)16)4-2-6-18-21(11,12)13/h7H,1-6H2,(H,8,9,10)(H,11,12,13)(H,14,15,16). The van der Waals surface area contributed by atoms with Gasteiger partial charge in [0.25, 0.3) is 0 Å². The first-order valence-electron chi connectivity index (χ1n) is 5.68. The summed E-state index contributed by atoms with van der Waals surface area (Å²) < 4.78 is 99.9. The second-order valence-electron chi connectivity index (χ2n) is 3.93. The molecule has 0 aliphatic carbocycles. The molecule has 134 valence electrons. The van der Waals surface area contributed by atoms with Gasteiger partial charge in [0.05, 0.1) is 19.3 Å². The zero-order valence-electron chi connectivity index (χ0n) is 11.1. The average Bonchev–Trinajstić information content (AvgIpc) is 2.25. The first kappa shape index (κ1) is 21.6. The molecule has 0 aromatic heterocycles. The van der Waals surface area contributed by atoms with E-state index in [1.54, 1.807) is 0 Å². The van der Waals surface area contributed by atoms with Crippen LogP contribution >= 0.6 is 0 Å². The van der Waals surface area contributed by atoms with Crippen LogP contribution in [-0.2, 0) is 43.7 Å². The predicted octanol–water partition coefficient (Wildman–Crippen LogP) is -0.626. The van der Waals surface area contributed by atoms with Gasteiger partial charge in [0.1, 0.15) is 0 Å². The molecule has 0 radical (unpaired) electrons. The van der Waals surface area contributed by atoms with Crippen molar-refractivity contribution in [3.05, 3.63) is 0 Å². The van der Waals surface area contributed by atoms with Gasteiger partial charge in [-0.05, 0) is 25.7 Å². The third-order valence-corrected chi connectivity index (χ3v) is 3.51. The average molecular weight is 388 g/mol. The minimum Gasteiger partial charge on any atom is -0.264 e. The van der Waals surface area contributed by atoms with Gasteiger partial charge in [-0.3, -0.25) is 13.7 Å². The van der Waals surface area contributed by atoms with E-state index in [2.05, 4.69) is 12.5 Å². The molecule has 0 aromatic rings. The Kier molecular flexibility index (Phi) is 8.88. The summed E-state index contributed by atoms with van der Waals surface area (Å²) in [6.07, 6.45) is -1.36. The number of hydrogen-bond donors (Lipinski definition) is 3. The van der Waals surface area contributed by atoms with Crippen LogP contribution in [0.15, 0.2) is 0 Å². The molecule has 3 N–H and O–H groups in total. The van der Waals surface area contributed by atoms with E-state index in [0.717, 1.165) is 0 Å². The maximum Gasteiger partial charge on any atom is 0.397 e. The van der Waals surface area contributed by atoms with Crippen LogP contribution in [0, 0.1) is 0 Å². The highest BCUT2D eigenvalue weighted by molar-refractivity contribution is 7.81. The van der Waals surface area contributed by atoms with E-state index in [1.807, 2.05) is 0 Å². The van der Waals surface area contributed by atoms with Crippen molar-refractivity contribution in [1.82, 2.24) is 0 Å². The molecule has 0 amide bonds. The topological polar surface area (TPSA) is 191 Å².